The van der Waals surface area contributed by atoms with Gasteiger partial charge in [0.2, 0.25) is 0 Å². The van der Waals surface area contributed by atoms with E-state index in [0.29, 0.717) is 13.0 Å². The fraction of sp³-hybridized carbons (Fsp3) is 0.292. The number of aromatic nitrogens is 1. The number of nitrogens with zero attached hydrogens (tertiary/aromatic N) is 1. The standard InChI is InChI=1S/C24H27NO2/c1-3-23(20-14-16-25-17-15-20)24(26,4-2)21-10-12-22(13-11-21)27-18-19-8-6-5-7-9-19/h5-17,23,26H,3-4,18H2,1-2H3/t23-,24+/m1/s1. The smallest absolute Gasteiger partial charge is 0.119 e. The van der Waals surface area contributed by atoms with E-state index in [1.807, 2.05) is 73.7 Å². The molecular formula is C24H27NO2. The van der Waals surface area contributed by atoms with Gasteiger partial charge in [0.05, 0.1) is 5.60 Å². The fourth-order valence-corrected chi connectivity index (χ4v) is 3.68. The van der Waals surface area contributed by atoms with Crippen molar-refractivity contribution in [3.63, 3.8) is 0 Å². The van der Waals surface area contributed by atoms with Gasteiger partial charge in [-0.25, -0.2) is 0 Å². The van der Waals surface area contributed by atoms with Gasteiger partial charge < -0.3 is 9.84 Å². The molecule has 27 heavy (non-hydrogen) atoms. The molecule has 3 nitrogen and oxygen atoms in total. The van der Waals surface area contributed by atoms with Crippen LogP contribution in [-0.4, -0.2) is 10.1 Å². The van der Waals surface area contributed by atoms with Crippen molar-refractivity contribution in [3.8, 4) is 5.75 Å². The molecule has 2 aromatic carbocycles. The van der Waals surface area contributed by atoms with Gasteiger partial charge in [-0.2, -0.15) is 0 Å². The van der Waals surface area contributed by atoms with E-state index in [1.165, 1.54) is 0 Å². The Balaban J connectivity index is 1.78. The number of hydrogen-bond donors (Lipinski definition) is 1. The molecule has 140 valence electrons. The van der Waals surface area contributed by atoms with Crippen LogP contribution in [0.15, 0.2) is 79.1 Å². The van der Waals surface area contributed by atoms with Crippen LogP contribution in [-0.2, 0) is 12.2 Å². The summed E-state index contributed by atoms with van der Waals surface area (Å²) in [5.74, 6) is 0.819. The Labute approximate surface area is 161 Å². The number of hydrogen-bond acceptors (Lipinski definition) is 3. The number of pyridine rings is 1. The molecule has 0 radical (unpaired) electrons. The normalized spacial score (nSPS) is 14.3. The summed E-state index contributed by atoms with van der Waals surface area (Å²) in [4.78, 5) is 4.10. The molecule has 0 aliphatic heterocycles. The van der Waals surface area contributed by atoms with Crippen molar-refractivity contribution >= 4 is 0 Å². The summed E-state index contributed by atoms with van der Waals surface area (Å²) in [6.07, 6.45) is 5.06. The second kappa shape index (κ2) is 8.83. The zero-order chi connectivity index (χ0) is 19.1. The van der Waals surface area contributed by atoms with Crippen LogP contribution in [0.25, 0.3) is 0 Å². The Kier molecular flexibility index (Phi) is 6.25. The van der Waals surface area contributed by atoms with Gasteiger partial charge >= 0.3 is 0 Å². The highest BCUT2D eigenvalue weighted by atomic mass is 16.5. The first kappa shape index (κ1) is 19.1. The molecule has 3 heteroatoms. The summed E-state index contributed by atoms with van der Waals surface area (Å²) in [5.41, 5.74) is 2.24. The van der Waals surface area contributed by atoms with Gasteiger partial charge in [-0.05, 0) is 53.8 Å². The average molecular weight is 361 g/mol. The van der Waals surface area contributed by atoms with E-state index in [-0.39, 0.29) is 5.92 Å². The van der Waals surface area contributed by atoms with E-state index in [9.17, 15) is 5.11 Å². The Hall–Kier alpha value is -2.65. The second-order valence-corrected chi connectivity index (χ2v) is 6.82. The zero-order valence-corrected chi connectivity index (χ0v) is 16.0. The number of ether oxygens (including phenoxy) is 1. The molecule has 0 spiro atoms. The van der Waals surface area contributed by atoms with Crippen molar-refractivity contribution in [1.82, 2.24) is 4.98 Å². The zero-order valence-electron chi connectivity index (χ0n) is 16.0. The lowest BCUT2D eigenvalue weighted by molar-refractivity contribution is 0.00141. The van der Waals surface area contributed by atoms with Crippen LogP contribution in [0.4, 0.5) is 0 Å². The lowest BCUT2D eigenvalue weighted by Gasteiger charge is -2.36. The molecule has 0 unspecified atom stereocenters. The summed E-state index contributed by atoms with van der Waals surface area (Å²) in [7, 11) is 0. The average Bonchev–Trinajstić information content (AvgIpc) is 2.74. The van der Waals surface area contributed by atoms with Gasteiger partial charge in [-0.15, -0.1) is 0 Å². The van der Waals surface area contributed by atoms with E-state index in [4.69, 9.17) is 4.74 Å². The molecule has 1 N–H and O–H groups in total. The first-order chi connectivity index (χ1) is 13.2. The number of benzene rings is 2. The van der Waals surface area contributed by atoms with Gasteiger partial charge in [0.1, 0.15) is 12.4 Å². The third-order valence-electron chi connectivity index (χ3n) is 5.23. The first-order valence-corrected chi connectivity index (χ1v) is 9.57. The van der Waals surface area contributed by atoms with Crippen molar-refractivity contribution in [3.05, 3.63) is 95.8 Å². The van der Waals surface area contributed by atoms with Crippen LogP contribution in [0.1, 0.15) is 49.3 Å². The maximum Gasteiger partial charge on any atom is 0.119 e. The lowest BCUT2D eigenvalue weighted by atomic mass is 9.74. The highest BCUT2D eigenvalue weighted by molar-refractivity contribution is 5.35. The minimum Gasteiger partial charge on any atom is -0.489 e. The van der Waals surface area contributed by atoms with Crippen LogP contribution in [0.5, 0.6) is 5.75 Å². The summed E-state index contributed by atoms with van der Waals surface area (Å²) >= 11 is 0. The van der Waals surface area contributed by atoms with E-state index in [2.05, 4.69) is 11.9 Å². The third kappa shape index (κ3) is 4.37. The summed E-state index contributed by atoms with van der Waals surface area (Å²) < 4.78 is 5.87. The Bertz CT molecular complexity index is 818. The molecule has 0 fully saturated rings. The molecule has 2 atom stereocenters. The fourth-order valence-electron chi connectivity index (χ4n) is 3.68. The Morgan fingerprint density at radius 3 is 2.19 bits per heavy atom. The quantitative estimate of drug-likeness (QED) is 0.580. The maximum absolute atomic E-state index is 11.5. The molecule has 0 saturated carbocycles. The topological polar surface area (TPSA) is 42.4 Å². The largest absolute Gasteiger partial charge is 0.489 e. The Morgan fingerprint density at radius 2 is 1.59 bits per heavy atom. The van der Waals surface area contributed by atoms with E-state index < -0.39 is 5.60 Å². The van der Waals surface area contributed by atoms with Crippen LogP contribution in [0.3, 0.4) is 0 Å². The molecule has 0 saturated heterocycles. The van der Waals surface area contributed by atoms with E-state index in [0.717, 1.165) is 28.9 Å². The van der Waals surface area contributed by atoms with Gasteiger partial charge in [0.15, 0.2) is 0 Å². The van der Waals surface area contributed by atoms with E-state index in [1.54, 1.807) is 12.4 Å². The molecule has 0 amide bonds. The second-order valence-electron chi connectivity index (χ2n) is 6.82. The van der Waals surface area contributed by atoms with Crippen molar-refractivity contribution < 1.29 is 9.84 Å². The molecule has 1 heterocycles. The minimum absolute atomic E-state index is 0.0154. The summed E-state index contributed by atoms with van der Waals surface area (Å²) in [6, 6.07) is 21.9. The van der Waals surface area contributed by atoms with Gasteiger partial charge in [0, 0.05) is 18.3 Å². The van der Waals surface area contributed by atoms with Crippen LogP contribution in [0, 0.1) is 0 Å². The predicted octanol–water partition coefficient (Wildman–Crippen LogP) is 5.45. The first-order valence-electron chi connectivity index (χ1n) is 9.57. The SMILES string of the molecule is CC[C@H](c1ccncc1)[C@](O)(CC)c1ccc(OCc2ccccc2)cc1. The highest BCUT2D eigenvalue weighted by Crippen LogP contribution is 2.42. The van der Waals surface area contributed by atoms with Gasteiger partial charge in [-0.1, -0.05) is 56.3 Å². The highest BCUT2D eigenvalue weighted by Gasteiger charge is 2.36. The summed E-state index contributed by atoms with van der Waals surface area (Å²) in [5, 5.41) is 11.5. The van der Waals surface area contributed by atoms with E-state index >= 15 is 0 Å². The molecule has 0 aliphatic carbocycles. The summed E-state index contributed by atoms with van der Waals surface area (Å²) in [6.45, 7) is 4.68. The van der Waals surface area contributed by atoms with Crippen molar-refractivity contribution in [1.29, 1.82) is 0 Å². The van der Waals surface area contributed by atoms with Crippen LogP contribution >= 0.6 is 0 Å². The minimum atomic E-state index is -0.923. The molecule has 1 aromatic heterocycles. The van der Waals surface area contributed by atoms with Crippen LogP contribution < -0.4 is 4.74 Å². The number of aliphatic hydroxyl groups is 1. The molecule has 0 bridgehead atoms. The third-order valence-corrected chi connectivity index (χ3v) is 5.23. The van der Waals surface area contributed by atoms with Crippen molar-refractivity contribution in [2.45, 2.75) is 44.8 Å². The van der Waals surface area contributed by atoms with Gasteiger partial charge in [-0.3, -0.25) is 4.98 Å². The maximum atomic E-state index is 11.5. The monoisotopic (exact) mass is 361 g/mol. The molecule has 3 aromatic rings. The predicted molar refractivity (Wildman–Crippen MR) is 109 cm³/mol. The van der Waals surface area contributed by atoms with Crippen LogP contribution in [0.2, 0.25) is 0 Å². The van der Waals surface area contributed by atoms with Gasteiger partial charge in [0.25, 0.3) is 0 Å². The number of rotatable bonds is 8. The molecular weight excluding hydrogens is 334 g/mol. The van der Waals surface area contributed by atoms with Crippen molar-refractivity contribution in [2.24, 2.45) is 0 Å². The molecule has 0 aliphatic rings. The lowest BCUT2D eigenvalue weighted by Crippen LogP contribution is -2.32. The van der Waals surface area contributed by atoms with Crippen molar-refractivity contribution in [2.75, 3.05) is 0 Å². The molecule has 3 rings (SSSR count). The Morgan fingerprint density at radius 1 is 0.926 bits per heavy atom.